The van der Waals surface area contributed by atoms with Crippen molar-refractivity contribution in [3.8, 4) is 0 Å². The van der Waals surface area contributed by atoms with E-state index in [4.69, 9.17) is 4.74 Å². The Labute approximate surface area is 120 Å². The zero-order chi connectivity index (χ0) is 15.1. The SMILES string of the molecule is C=Cc1ccccc1C[C@H](CC(=O)C(C)C)C(=O)OC. The number of rotatable bonds is 7. The first-order chi connectivity index (χ1) is 9.49. The van der Waals surface area contributed by atoms with Crippen molar-refractivity contribution in [2.75, 3.05) is 7.11 Å². The second-order valence-electron chi connectivity index (χ2n) is 5.15. The first-order valence-corrected chi connectivity index (χ1v) is 6.80. The summed E-state index contributed by atoms with van der Waals surface area (Å²) in [6.45, 7) is 7.45. The van der Waals surface area contributed by atoms with E-state index in [1.54, 1.807) is 6.08 Å². The highest BCUT2D eigenvalue weighted by atomic mass is 16.5. The lowest BCUT2D eigenvalue weighted by molar-refractivity contribution is -0.147. The summed E-state index contributed by atoms with van der Waals surface area (Å²) >= 11 is 0. The van der Waals surface area contributed by atoms with Gasteiger partial charge in [0.15, 0.2) is 0 Å². The van der Waals surface area contributed by atoms with Gasteiger partial charge >= 0.3 is 5.97 Å². The molecule has 3 heteroatoms. The van der Waals surface area contributed by atoms with Crippen LogP contribution >= 0.6 is 0 Å². The van der Waals surface area contributed by atoms with Crippen molar-refractivity contribution in [2.24, 2.45) is 11.8 Å². The van der Waals surface area contributed by atoms with Crippen molar-refractivity contribution in [3.05, 3.63) is 42.0 Å². The quantitative estimate of drug-likeness (QED) is 0.717. The molecule has 0 fully saturated rings. The van der Waals surface area contributed by atoms with Crippen LogP contribution in [-0.2, 0) is 20.7 Å². The van der Waals surface area contributed by atoms with E-state index >= 15 is 0 Å². The number of esters is 1. The molecule has 1 atom stereocenters. The molecule has 0 saturated carbocycles. The smallest absolute Gasteiger partial charge is 0.309 e. The first kappa shape index (κ1) is 16.2. The first-order valence-electron chi connectivity index (χ1n) is 6.80. The fourth-order valence-corrected chi connectivity index (χ4v) is 2.07. The summed E-state index contributed by atoms with van der Waals surface area (Å²) in [6.07, 6.45) is 2.47. The molecule has 0 spiro atoms. The van der Waals surface area contributed by atoms with Crippen LogP contribution in [0.5, 0.6) is 0 Å². The summed E-state index contributed by atoms with van der Waals surface area (Å²) in [5.41, 5.74) is 1.99. The molecule has 1 aromatic carbocycles. The summed E-state index contributed by atoms with van der Waals surface area (Å²) in [4.78, 5) is 23.8. The van der Waals surface area contributed by atoms with Gasteiger partial charge < -0.3 is 4.74 Å². The average Bonchev–Trinajstić information content (AvgIpc) is 2.45. The zero-order valence-corrected chi connectivity index (χ0v) is 12.4. The van der Waals surface area contributed by atoms with Crippen LogP contribution in [0.1, 0.15) is 31.4 Å². The monoisotopic (exact) mass is 274 g/mol. The molecule has 0 saturated heterocycles. The predicted octanol–water partition coefficient (Wildman–Crippen LogP) is 3.28. The molecule has 3 nitrogen and oxygen atoms in total. The standard InChI is InChI=1S/C17H22O3/c1-5-13-8-6-7-9-14(13)10-15(17(19)20-4)11-16(18)12(2)3/h5-9,12,15H,1,10-11H2,2-4H3/t15-/m1/s1. The van der Waals surface area contributed by atoms with Gasteiger partial charge in [-0.1, -0.05) is 50.8 Å². The van der Waals surface area contributed by atoms with Crippen LogP contribution in [0.2, 0.25) is 0 Å². The number of Topliss-reactive ketones (excluding diaryl/α,β-unsaturated/α-hetero) is 1. The molecule has 20 heavy (non-hydrogen) atoms. The van der Waals surface area contributed by atoms with Gasteiger partial charge in [-0.15, -0.1) is 0 Å². The minimum absolute atomic E-state index is 0.0724. The number of hydrogen-bond donors (Lipinski definition) is 0. The molecule has 108 valence electrons. The highest BCUT2D eigenvalue weighted by Gasteiger charge is 2.24. The van der Waals surface area contributed by atoms with Crippen LogP contribution in [0.4, 0.5) is 0 Å². The molecule has 0 aromatic heterocycles. The Hall–Kier alpha value is -1.90. The third kappa shape index (κ3) is 4.34. The lowest BCUT2D eigenvalue weighted by atomic mass is 9.89. The maximum atomic E-state index is 11.9. The Bertz CT molecular complexity index is 489. The van der Waals surface area contributed by atoms with E-state index in [-0.39, 0.29) is 24.1 Å². The molecular weight excluding hydrogens is 252 g/mol. The minimum atomic E-state index is -0.434. The number of ketones is 1. The Balaban J connectivity index is 2.92. The number of hydrogen-bond acceptors (Lipinski definition) is 3. The third-order valence-corrected chi connectivity index (χ3v) is 3.37. The topological polar surface area (TPSA) is 43.4 Å². The summed E-state index contributed by atoms with van der Waals surface area (Å²) in [6, 6.07) is 7.74. The van der Waals surface area contributed by atoms with E-state index in [9.17, 15) is 9.59 Å². The van der Waals surface area contributed by atoms with Crippen molar-refractivity contribution in [1.29, 1.82) is 0 Å². The van der Waals surface area contributed by atoms with E-state index in [2.05, 4.69) is 6.58 Å². The van der Waals surface area contributed by atoms with Gasteiger partial charge in [0.2, 0.25) is 0 Å². The van der Waals surface area contributed by atoms with Crippen LogP contribution in [-0.4, -0.2) is 18.9 Å². The molecule has 1 rings (SSSR count). The molecule has 0 heterocycles. The molecule has 0 amide bonds. The summed E-state index contributed by atoms with van der Waals surface area (Å²) < 4.78 is 4.82. The number of benzene rings is 1. The maximum absolute atomic E-state index is 11.9. The molecule has 0 aliphatic carbocycles. The highest BCUT2D eigenvalue weighted by molar-refractivity contribution is 5.85. The Kier molecular flexibility index (Phi) is 6.16. The fourth-order valence-electron chi connectivity index (χ4n) is 2.07. The van der Waals surface area contributed by atoms with Crippen molar-refractivity contribution >= 4 is 17.8 Å². The van der Waals surface area contributed by atoms with Gasteiger partial charge in [0.05, 0.1) is 13.0 Å². The van der Waals surface area contributed by atoms with E-state index in [0.717, 1.165) is 11.1 Å². The molecule has 1 aromatic rings. The van der Waals surface area contributed by atoms with Crippen LogP contribution in [0.25, 0.3) is 6.08 Å². The molecule has 0 radical (unpaired) electrons. The lowest BCUT2D eigenvalue weighted by Crippen LogP contribution is -2.24. The van der Waals surface area contributed by atoms with Crippen molar-refractivity contribution in [1.82, 2.24) is 0 Å². The second kappa shape index (κ2) is 7.63. The van der Waals surface area contributed by atoms with Gasteiger partial charge in [-0.05, 0) is 17.5 Å². The van der Waals surface area contributed by atoms with Crippen LogP contribution in [0.15, 0.2) is 30.8 Å². The minimum Gasteiger partial charge on any atom is -0.469 e. The van der Waals surface area contributed by atoms with Gasteiger partial charge in [-0.2, -0.15) is 0 Å². The zero-order valence-electron chi connectivity index (χ0n) is 12.4. The predicted molar refractivity (Wildman–Crippen MR) is 80.2 cm³/mol. The van der Waals surface area contributed by atoms with Gasteiger partial charge in [-0.3, -0.25) is 9.59 Å². The number of carbonyl (C=O) groups excluding carboxylic acids is 2. The molecular formula is C17H22O3. The Morgan fingerprint density at radius 2 is 1.95 bits per heavy atom. The molecule has 0 unspecified atom stereocenters. The van der Waals surface area contributed by atoms with Crippen molar-refractivity contribution in [3.63, 3.8) is 0 Å². The van der Waals surface area contributed by atoms with E-state index in [1.165, 1.54) is 7.11 Å². The molecule has 0 bridgehead atoms. The summed E-state index contributed by atoms with van der Waals surface area (Å²) in [5, 5.41) is 0. The molecule has 0 aliphatic heterocycles. The summed E-state index contributed by atoms with van der Waals surface area (Å²) in [5.74, 6) is -0.762. The van der Waals surface area contributed by atoms with Crippen LogP contribution < -0.4 is 0 Å². The van der Waals surface area contributed by atoms with Gasteiger partial charge in [0.25, 0.3) is 0 Å². The van der Waals surface area contributed by atoms with E-state index < -0.39 is 5.92 Å². The molecule has 0 aliphatic rings. The largest absolute Gasteiger partial charge is 0.469 e. The Morgan fingerprint density at radius 3 is 2.50 bits per heavy atom. The normalized spacial score (nSPS) is 12.0. The number of carbonyl (C=O) groups is 2. The second-order valence-corrected chi connectivity index (χ2v) is 5.15. The summed E-state index contributed by atoms with van der Waals surface area (Å²) in [7, 11) is 1.36. The lowest BCUT2D eigenvalue weighted by Gasteiger charge is -2.16. The van der Waals surface area contributed by atoms with Crippen LogP contribution in [0, 0.1) is 11.8 Å². The number of ether oxygens (including phenoxy) is 1. The average molecular weight is 274 g/mol. The van der Waals surface area contributed by atoms with Crippen molar-refractivity contribution in [2.45, 2.75) is 26.7 Å². The van der Waals surface area contributed by atoms with E-state index in [0.29, 0.717) is 6.42 Å². The maximum Gasteiger partial charge on any atom is 0.309 e. The fraction of sp³-hybridized carbons (Fsp3) is 0.412. The third-order valence-electron chi connectivity index (χ3n) is 3.37. The Morgan fingerprint density at radius 1 is 1.30 bits per heavy atom. The highest BCUT2D eigenvalue weighted by Crippen LogP contribution is 2.20. The molecule has 0 N–H and O–H groups in total. The van der Waals surface area contributed by atoms with Gasteiger partial charge in [0.1, 0.15) is 5.78 Å². The van der Waals surface area contributed by atoms with Gasteiger partial charge in [-0.25, -0.2) is 0 Å². The van der Waals surface area contributed by atoms with E-state index in [1.807, 2.05) is 38.1 Å². The van der Waals surface area contributed by atoms with Crippen LogP contribution in [0.3, 0.4) is 0 Å². The number of methoxy groups -OCH3 is 1. The van der Waals surface area contributed by atoms with Crippen molar-refractivity contribution < 1.29 is 14.3 Å². The van der Waals surface area contributed by atoms with Gasteiger partial charge in [0, 0.05) is 12.3 Å².